The third-order valence-electron chi connectivity index (χ3n) is 1.72. The Bertz CT molecular complexity index is 94.9. The molecule has 0 spiro atoms. The molecular weight excluding hydrogens is 132 g/mol. The molecule has 60 valence electrons. The minimum atomic E-state index is -0.438. The van der Waals surface area contributed by atoms with Gasteiger partial charge in [0.25, 0.3) is 0 Å². The Balaban J connectivity index is 2.35. The van der Waals surface area contributed by atoms with Crippen LogP contribution in [-0.4, -0.2) is 31.2 Å². The van der Waals surface area contributed by atoms with Gasteiger partial charge in [-0.05, 0) is 19.3 Å². The minimum Gasteiger partial charge on any atom is -0.388 e. The number of aliphatic hydroxyl groups is 1. The molecule has 0 aromatic carbocycles. The van der Waals surface area contributed by atoms with E-state index in [9.17, 15) is 5.11 Å². The van der Waals surface area contributed by atoms with Gasteiger partial charge in [0.1, 0.15) is 6.10 Å². The molecule has 1 aliphatic heterocycles. The summed E-state index contributed by atoms with van der Waals surface area (Å²) >= 11 is 0. The summed E-state index contributed by atoms with van der Waals surface area (Å²) in [5, 5.41) is 9.30. The lowest BCUT2D eigenvalue weighted by Gasteiger charge is -2.17. The number of ether oxygens (including phenoxy) is 2. The van der Waals surface area contributed by atoms with Crippen molar-refractivity contribution in [2.75, 3.05) is 13.7 Å². The maximum Gasteiger partial charge on any atom is 0.183 e. The Morgan fingerprint density at radius 1 is 1.50 bits per heavy atom. The molecule has 0 saturated carbocycles. The Morgan fingerprint density at radius 2 is 2.30 bits per heavy atom. The number of aliphatic hydroxyl groups excluding tert-OH is 1. The van der Waals surface area contributed by atoms with Crippen LogP contribution in [0.5, 0.6) is 0 Å². The van der Waals surface area contributed by atoms with Crippen LogP contribution >= 0.6 is 0 Å². The summed E-state index contributed by atoms with van der Waals surface area (Å²) in [6.45, 7) is 0.704. The van der Waals surface area contributed by atoms with Crippen LogP contribution in [0.2, 0.25) is 0 Å². The SMILES string of the molecule is COC1OCCCCC1O. The molecule has 3 nitrogen and oxygen atoms in total. The molecule has 1 fully saturated rings. The van der Waals surface area contributed by atoms with Gasteiger partial charge in [-0.15, -0.1) is 0 Å². The zero-order chi connectivity index (χ0) is 7.40. The molecule has 10 heavy (non-hydrogen) atoms. The normalized spacial score (nSPS) is 35.4. The standard InChI is InChI=1S/C7H14O3/c1-9-7-6(8)4-2-3-5-10-7/h6-8H,2-5H2,1H3. The minimum absolute atomic E-state index is 0.400. The summed E-state index contributed by atoms with van der Waals surface area (Å²) in [5.41, 5.74) is 0. The van der Waals surface area contributed by atoms with Crippen LogP contribution in [-0.2, 0) is 9.47 Å². The van der Waals surface area contributed by atoms with Crippen molar-refractivity contribution in [3.8, 4) is 0 Å². The van der Waals surface area contributed by atoms with E-state index in [1.165, 1.54) is 0 Å². The van der Waals surface area contributed by atoms with E-state index in [0.717, 1.165) is 19.3 Å². The van der Waals surface area contributed by atoms with Crippen LogP contribution in [0.25, 0.3) is 0 Å². The van der Waals surface area contributed by atoms with Crippen LogP contribution < -0.4 is 0 Å². The maximum absolute atomic E-state index is 9.30. The molecule has 0 aromatic rings. The van der Waals surface area contributed by atoms with Crippen molar-refractivity contribution in [3.05, 3.63) is 0 Å². The molecule has 2 atom stereocenters. The summed E-state index contributed by atoms with van der Waals surface area (Å²) in [6.07, 6.45) is 2.01. The van der Waals surface area contributed by atoms with Crippen molar-refractivity contribution in [2.45, 2.75) is 31.7 Å². The van der Waals surface area contributed by atoms with E-state index in [1.54, 1.807) is 7.11 Å². The second kappa shape index (κ2) is 3.91. The van der Waals surface area contributed by atoms with Gasteiger partial charge in [-0.1, -0.05) is 0 Å². The Kier molecular flexibility index (Phi) is 3.12. The molecule has 1 heterocycles. The third-order valence-corrected chi connectivity index (χ3v) is 1.72. The number of rotatable bonds is 1. The second-order valence-corrected chi connectivity index (χ2v) is 2.54. The predicted molar refractivity (Wildman–Crippen MR) is 36.6 cm³/mol. The molecular formula is C7H14O3. The van der Waals surface area contributed by atoms with Gasteiger partial charge in [0.05, 0.1) is 0 Å². The summed E-state index contributed by atoms with van der Waals surface area (Å²) in [7, 11) is 1.55. The predicted octanol–water partition coefficient (Wildman–Crippen LogP) is 0.520. The summed E-state index contributed by atoms with van der Waals surface area (Å²) in [5.74, 6) is 0. The molecule has 1 rings (SSSR count). The first-order valence-corrected chi connectivity index (χ1v) is 3.67. The smallest absolute Gasteiger partial charge is 0.183 e. The van der Waals surface area contributed by atoms with Crippen LogP contribution in [0.1, 0.15) is 19.3 Å². The van der Waals surface area contributed by atoms with Crippen molar-refractivity contribution in [1.29, 1.82) is 0 Å². The zero-order valence-electron chi connectivity index (χ0n) is 6.25. The second-order valence-electron chi connectivity index (χ2n) is 2.54. The first-order chi connectivity index (χ1) is 4.84. The van der Waals surface area contributed by atoms with E-state index in [4.69, 9.17) is 9.47 Å². The molecule has 1 aliphatic rings. The topological polar surface area (TPSA) is 38.7 Å². The molecule has 0 aliphatic carbocycles. The Morgan fingerprint density at radius 3 is 3.00 bits per heavy atom. The van der Waals surface area contributed by atoms with Gasteiger partial charge < -0.3 is 14.6 Å². The average molecular weight is 146 g/mol. The summed E-state index contributed by atoms with van der Waals surface area (Å²) < 4.78 is 10.1. The van der Waals surface area contributed by atoms with E-state index < -0.39 is 12.4 Å². The fourth-order valence-electron chi connectivity index (χ4n) is 1.13. The van der Waals surface area contributed by atoms with Crippen LogP contribution in [0.3, 0.4) is 0 Å². The fraction of sp³-hybridized carbons (Fsp3) is 1.00. The first-order valence-electron chi connectivity index (χ1n) is 3.67. The van der Waals surface area contributed by atoms with Crippen LogP contribution in [0.4, 0.5) is 0 Å². The highest BCUT2D eigenvalue weighted by atomic mass is 16.7. The summed E-state index contributed by atoms with van der Waals surface area (Å²) in [4.78, 5) is 0. The van der Waals surface area contributed by atoms with E-state index in [0.29, 0.717) is 6.61 Å². The van der Waals surface area contributed by atoms with E-state index in [2.05, 4.69) is 0 Å². The molecule has 0 amide bonds. The van der Waals surface area contributed by atoms with Gasteiger partial charge in [-0.25, -0.2) is 0 Å². The molecule has 0 aromatic heterocycles. The highest BCUT2D eigenvalue weighted by Crippen LogP contribution is 2.13. The van der Waals surface area contributed by atoms with E-state index in [1.807, 2.05) is 0 Å². The molecule has 3 heteroatoms. The van der Waals surface area contributed by atoms with Crippen LogP contribution in [0.15, 0.2) is 0 Å². The fourth-order valence-corrected chi connectivity index (χ4v) is 1.13. The van der Waals surface area contributed by atoms with Gasteiger partial charge in [-0.3, -0.25) is 0 Å². The lowest BCUT2D eigenvalue weighted by Crippen LogP contribution is -2.28. The lowest BCUT2D eigenvalue weighted by atomic mass is 10.2. The Hall–Kier alpha value is -0.120. The van der Waals surface area contributed by atoms with E-state index in [-0.39, 0.29) is 0 Å². The molecule has 0 radical (unpaired) electrons. The van der Waals surface area contributed by atoms with Crippen molar-refractivity contribution in [1.82, 2.24) is 0 Å². The average Bonchev–Trinajstić information content (AvgIpc) is 2.13. The molecule has 1 saturated heterocycles. The number of methoxy groups -OCH3 is 1. The number of hydrogen-bond donors (Lipinski definition) is 1. The van der Waals surface area contributed by atoms with Gasteiger partial charge in [0.2, 0.25) is 0 Å². The highest BCUT2D eigenvalue weighted by Gasteiger charge is 2.20. The van der Waals surface area contributed by atoms with E-state index >= 15 is 0 Å². The van der Waals surface area contributed by atoms with Crippen LogP contribution in [0, 0.1) is 0 Å². The summed E-state index contributed by atoms with van der Waals surface area (Å²) in [6, 6.07) is 0. The molecule has 2 unspecified atom stereocenters. The van der Waals surface area contributed by atoms with Crippen molar-refractivity contribution < 1.29 is 14.6 Å². The zero-order valence-corrected chi connectivity index (χ0v) is 6.25. The van der Waals surface area contributed by atoms with Gasteiger partial charge in [-0.2, -0.15) is 0 Å². The Labute approximate surface area is 60.9 Å². The van der Waals surface area contributed by atoms with Gasteiger partial charge in [0.15, 0.2) is 6.29 Å². The largest absolute Gasteiger partial charge is 0.388 e. The van der Waals surface area contributed by atoms with Gasteiger partial charge in [0, 0.05) is 13.7 Å². The lowest BCUT2D eigenvalue weighted by molar-refractivity contribution is -0.172. The molecule has 1 N–H and O–H groups in total. The maximum atomic E-state index is 9.30. The third kappa shape index (κ3) is 1.94. The number of hydrogen-bond acceptors (Lipinski definition) is 3. The van der Waals surface area contributed by atoms with Crippen molar-refractivity contribution in [2.24, 2.45) is 0 Å². The monoisotopic (exact) mass is 146 g/mol. The first kappa shape index (κ1) is 7.98. The quantitative estimate of drug-likeness (QED) is 0.586. The van der Waals surface area contributed by atoms with Gasteiger partial charge >= 0.3 is 0 Å². The molecule has 0 bridgehead atoms. The highest BCUT2D eigenvalue weighted by molar-refractivity contribution is 4.63. The van der Waals surface area contributed by atoms with Crippen molar-refractivity contribution >= 4 is 0 Å². The van der Waals surface area contributed by atoms with Crippen molar-refractivity contribution in [3.63, 3.8) is 0 Å².